The van der Waals surface area contributed by atoms with E-state index in [1.54, 1.807) is 0 Å². The minimum Gasteiger partial charge on any atom is -0.309 e. The maximum atomic E-state index is 4.00. The molecule has 2 unspecified atom stereocenters. The Morgan fingerprint density at radius 2 is 2.29 bits per heavy atom. The smallest absolute Gasteiger partial charge is 0.0278 e. The van der Waals surface area contributed by atoms with Gasteiger partial charge in [0.05, 0.1) is 0 Å². The van der Waals surface area contributed by atoms with E-state index in [1.807, 2.05) is 0 Å². The summed E-state index contributed by atoms with van der Waals surface area (Å²) in [5, 5.41) is 3.63. The van der Waals surface area contributed by atoms with Gasteiger partial charge in [0.15, 0.2) is 0 Å². The molecule has 2 atom stereocenters. The topological polar surface area (TPSA) is 15.3 Å². The van der Waals surface area contributed by atoms with Gasteiger partial charge < -0.3 is 5.32 Å². The average Bonchev–Trinajstić information content (AvgIpc) is 2.11. The van der Waals surface area contributed by atoms with Gasteiger partial charge in [-0.1, -0.05) is 19.1 Å². The van der Waals surface area contributed by atoms with Crippen molar-refractivity contribution in [1.82, 2.24) is 10.2 Å². The summed E-state index contributed by atoms with van der Waals surface area (Å²) in [6, 6.07) is 0.631. The molecule has 0 spiro atoms. The zero-order chi connectivity index (χ0) is 10.8. The Balaban J connectivity index is 2.59. The van der Waals surface area contributed by atoms with Gasteiger partial charge in [-0.3, -0.25) is 4.90 Å². The highest BCUT2D eigenvalue weighted by Crippen LogP contribution is 2.19. The quantitative estimate of drug-likeness (QED) is 0.695. The second kappa shape index (κ2) is 4.45. The van der Waals surface area contributed by atoms with Crippen molar-refractivity contribution in [3.63, 3.8) is 0 Å². The summed E-state index contributed by atoms with van der Waals surface area (Å²) in [7, 11) is 0. The van der Waals surface area contributed by atoms with Crippen LogP contribution in [0.2, 0.25) is 0 Å². The first-order chi connectivity index (χ1) is 6.47. The Bertz CT molecular complexity index is 212. The SMILES string of the molecule is C=C(C)CN1CC(C)(CC)NCC1C. The maximum Gasteiger partial charge on any atom is 0.0278 e. The minimum atomic E-state index is 0.294. The van der Waals surface area contributed by atoms with E-state index in [1.165, 1.54) is 12.0 Å². The van der Waals surface area contributed by atoms with Gasteiger partial charge in [0.25, 0.3) is 0 Å². The molecule has 14 heavy (non-hydrogen) atoms. The van der Waals surface area contributed by atoms with Gasteiger partial charge >= 0.3 is 0 Å². The van der Waals surface area contributed by atoms with Gasteiger partial charge in [-0.15, -0.1) is 0 Å². The van der Waals surface area contributed by atoms with Crippen LogP contribution in [-0.2, 0) is 0 Å². The Labute approximate surface area is 88.4 Å². The highest BCUT2D eigenvalue weighted by atomic mass is 15.2. The molecule has 0 aromatic heterocycles. The first-order valence-electron chi connectivity index (χ1n) is 5.60. The molecular formula is C12H24N2. The fourth-order valence-electron chi connectivity index (χ4n) is 1.98. The van der Waals surface area contributed by atoms with Crippen LogP contribution in [0.1, 0.15) is 34.1 Å². The van der Waals surface area contributed by atoms with Crippen molar-refractivity contribution in [3.05, 3.63) is 12.2 Å². The first-order valence-corrected chi connectivity index (χ1v) is 5.60. The number of piperazine rings is 1. The van der Waals surface area contributed by atoms with E-state index in [0.29, 0.717) is 11.6 Å². The molecule has 1 N–H and O–H groups in total. The molecule has 1 aliphatic rings. The lowest BCUT2D eigenvalue weighted by atomic mass is 9.93. The van der Waals surface area contributed by atoms with Crippen molar-refractivity contribution in [1.29, 1.82) is 0 Å². The van der Waals surface area contributed by atoms with Crippen molar-refractivity contribution in [2.75, 3.05) is 19.6 Å². The Morgan fingerprint density at radius 3 is 2.79 bits per heavy atom. The zero-order valence-corrected chi connectivity index (χ0v) is 10.1. The Morgan fingerprint density at radius 1 is 1.64 bits per heavy atom. The monoisotopic (exact) mass is 196 g/mol. The van der Waals surface area contributed by atoms with E-state index in [0.717, 1.165) is 19.6 Å². The van der Waals surface area contributed by atoms with E-state index < -0.39 is 0 Å². The van der Waals surface area contributed by atoms with Crippen LogP contribution in [0.15, 0.2) is 12.2 Å². The number of nitrogens with zero attached hydrogens (tertiary/aromatic N) is 1. The standard InChI is InChI=1S/C12H24N2/c1-6-12(5)9-14(8-10(2)3)11(4)7-13-12/h11,13H,2,6-9H2,1,3-5H3. The average molecular weight is 196 g/mol. The zero-order valence-electron chi connectivity index (χ0n) is 10.1. The van der Waals surface area contributed by atoms with Gasteiger partial charge in [0, 0.05) is 31.2 Å². The fourth-order valence-corrected chi connectivity index (χ4v) is 1.98. The molecule has 1 aliphatic heterocycles. The lowest BCUT2D eigenvalue weighted by Crippen LogP contribution is -2.62. The normalized spacial score (nSPS) is 34.4. The molecule has 1 fully saturated rings. The van der Waals surface area contributed by atoms with Crippen molar-refractivity contribution in [2.24, 2.45) is 0 Å². The van der Waals surface area contributed by atoms with Crippen LogP contribution in [0.4, 0.5) is 0 Å². The fraction of sp³-hybridized carbons (Fsp3) is 0.833. The van der Waals surface area contributed by atoms with Crippen molar-refractivity contribution in [2.45, 2.75) is 45.7 Å². The largest absolute Gasteiger partial charge is 0.309 e. The summed E-state index contributed by atoms with van der Waals surface area (Å²) in [4.78, 5) is 2.53. The second-order valence-corrected chi connectivity index (χ2v) is 5.01. The van der Waals surface area contributed by atoms with Crippen molar-refractivity contribution in [3.8, 4) is 0 Å². The Hall–Kier alpha value is -0.340. The molecule has 82 valence electrons. The number of hydrogen-bond acceptors (Lipinski definition) is 2. The van der Waals surface area contributed by atoms with Crippen molar-refractivity contribution < 1.29 is 0 Å². The molecular weight excluding hydrogens is 172 g/mol. The Kier molecular flexibility index (Phi) is 3.73. The number of rotatable bonds is 3. The predicted molar refractivity (Wildman–Crippen MR) is 62.5 cm³/mol. The third kappa shape index (κ3) is 2.82. The van der Waals surface area contributed by atoms with E-state index in [2.05, 4.69) is 44.5 Å². The van der Waals surface area contributed by atoms with Crippen LogP contribution < -0.4 is 5.32 Å². The van der Waals surface area contributed by atoms with Gasteiger partial charge in [0.1, 0.15) is 0 Å². The van der Waals surface area contributed by atoms with E-state index >= 15 is 0 Å². The van der Waals surface area contributed by atoms with Gasteiger partial charge in [-0.25, -0.2) is 0 Å². The summed E-state index contributed by atoms with van der Waals surface area (Å²) >= 11 is 0. The third-order valence-electron chi connectivity index (χ3n) is 3.25. The molecule has 1 rings (SSSR count). The summed E-state index contributed by atoms with van der Waals surface area (Å²) in [6.07, 6.45) is 1.19. The molecule has 1 saturated heterocycles. The molecule has 0 bridgehead atoms. The molecule has 1 heterocycles. The molecule has 0 aromatic carbocycles. The highest BCUT2D eigenvalue weighted by Gasteiger charge is 2.32. The van der Waals surface area contributed by atoms with Crippen LogP contribution >= 0.6 is 0 Å². The summed E-state index contributed by atoms with van der Waals surface area (Å²) < 4.78 is 0. The summed E-state index contributed by atoms with van der Waals surface area (Å²) in [5.41, 5.74) is 1.55. The third-order valence-corrected chi connectivity index (χ3v) is 3.25. The second-order valence-electron chi connectivity index (χ2n) is 5.01. The van der Waals surface area contributed by atoms with Gasteiger partial charge in [-0.2, -0.15) is 0 Å². The highest BCUT2D eigenvalue weighted by molar-refractivity contribution is 4.99. The van der Waals surface area contributed by atoms with Crippen molar-refractivity contribution >= 4 is 0 Å². The molecule has 2 heteroatoms. The van der Waals surface area contributed by atoms with Gasteiger partial charge in [-0.05, 0) is 27.2 Å². The summed E-state index contributed by atoms with van der Waals surface area (Å²) in [6.45, 7) is 16.2. The predicted octanol–water partition coefficient (Wildman–Crippen LogP) is 2.02. The molecule has 0 saturated carbocycles. The van der Waals surface area contributed by atoms with Crippen LogP contribution in [0.5, 0.6) is 0 Å². The van der Waals surface area contributed by atoms with Gasteiger partial charge in [0.2, 0.25) is 0 Å². The molecule has 0 aromatic rings. The minimum absolute atomic E-state index is 0.294. The van der Waals surface area contributed by atoms with E-state index in [4.69, 9.17) is 0 Å². The first kappa shape index (κ1) is 11.7. The lowest BCUT2D eigenvalue weighted by molar-refractivity contribution is 0.102. The molecule has 2 nitrogen and oxygen atoms in total. The molecule has 0 radical (unpaired) electrons. The number of hydrogen-bond donors (Lipinski definition) is 1. The van der Waals surface area contributed by atoms with E-state index in [-0.39, 0.29) is 0 Å². The number of nitrogens with one attached hydrogen (secondary N) is 1. The molecule has 0 amide bonds. The van der Waals surface area contributed by atoms with Crippen LogP contribution in [-0.4, -0.2) is 36.1 Å². The van der Waals surface area contributed by atoms with Crippen LogP contribution in [0.3, 0.4) is 0 Å². The molecule has 0 aliphatic carbocycles. The summed E-state index contributed by atoms with van der Waals surface area (Å²) in [5.74, 6) is 0. The van der Waals surface area contributed by atoms with Crippen LogP contribution in [0.25, 0.3) is 0 Å². The van der Waals surface area contributed by atoms with E-state index in [9.17, 15) is 0 Å². The lowest BCUT2D eigenvalue weighted by Gasteiger charge is -2.45. The maximum absolute atomic E-state index is 4.00. The van der Waals surface area contributed by atoms with Crippen LogP contribution in [0, 0.1) is 0 Å².